The van der Waals surface area contributed by atoms with Crippen molar-refractivity contribution >= 4 is 127 Å². The van der Waals surface area contributed by atoms with Gasteiger partial charge in [-0.1, -0.05) is 47.5 Å². The molecular weight excluding hydrogens is 994 g/mol. The Kier molecular flexibility index (Phi) is 19.2. The second-order valence-corrected chi connectivity index (χ2v) is 17.6. The topological polar surface area (TPSA) is 218 Å². The number of hydrogen-bond donors (Lipinski definition) is 4. The number of aryl methyl sites for hydroxylation is 1. The number of nitrogens with one attached hydrogen (secondary N) is 4. The lowest BCUT2D eigenvalue weighted by atomic mass is 10.1. The molecule has 4 amide bonds. The highest BCUT2D eigenvalue weighted by atomic mass is 35.5. The third-order valence-corrected chi connectivity index (χ3v) is 11.4. The van der Waals surface area contributed by atoms with E-state index in [4.69, 9.17) is 67.5 Å². The maximum absolute atomic E-state index is 13.5. The van der Waals surface area contributed by atoms with E-state index in [2.05, 4.69) is 41.7 Å². The van der Waals surface area contributed by atoms with Crippen LogP contribution in [-0.2, 0) is 25.6 Å². The molecule has 16 nitrogen and oxygen atoms in total. The quantitative estimate of drug-likeness (QED) is 0.0333. The molecular formula is C48H45Cl5N8O8. The van der Waals surface area contributed by atoms with Gasteiger partial charge in [0.25, 0.3) is 23.6 Å². The van der Waals surface area contributed by atoms with E-state index in [1.807, 2.05) is 0 Å². The average molecular weight is 1040 g/mol. The molecule has 0 aliphatic rings. The van der Waals surface area contributed by atoms with Crippen LogP contribution in [0.5, 0.6) is 11.5 Å². The fraction of sp³-hybridized carbons (Fsp3) is 0.250. The number of para-hydroxylation sites is 2. The van der Waals surface area contributed by atoms with Gasteiger partial charge >= 0.3 is 0 Å². The molecule has 21 heteroatoms. The number of rotatable bonds is 20. The molecule has 0 radical (unpaired) electrons. The predicted molar refractivity (Wildman–Crippen MR) is 269 cm³/mol. The Morgan fingerprint density at radius 2 is 1.03 bits per heavy atom. The largest absolute Gasteiger partial charge is 0.494 e. The first-order valence-electron chi connectivity index (χ1n) is 20.8. The van der Waals surface area contributed by atoms with Crippen LogP contribution >= 0.6 is 58.0 Å². The number of nitrogens with zero attached hydrogens (tertiary/aromatic N) is 4. The Balaban J connectivity index is 1.28. The molecule has 0 saturated heterocycles. The zero-order valence-electron chi connectivity index (χ0n) is 37.8. The van der Waals surface area contributed by atoms with E-state index in [1.165, 1.54) is 75.7 Å². The van der Waals surface area contributed by atoms with Gasteiger partial charge < -0.3 is 30.7 Å². The first kappa shape index (κ1) is 53.5. The molecule has 0 spiro atoms. The number of azo groups is 2. The van der Waals surface area contributed by atoms with E-state index < -0.39 is 58.0 Å². The van der Waals surface area contributed by atoms with Crippen LogP contribution in [0.4, 0.5) is 34.1 Å². The van der Waals surface area contributed by atoms with Crippen LogP contribution in [0.3, 0.4) is 0 Å². The maximum Gasteiger partial charge on any atom is 0.258 e. The summed E-state index contributed by atoms with van der Waals surface area (Å²) in [5.41, 5.74) is 3.25. The Bertz CT molecular complexity index is 2840. The Morgan fingerprint density at radius 1 is 0.580 bits per heavy atom. The summed E-state index contributed by atoms with van der Waals surface area (Å²) in [5, 5.41) is 26.4. The molecule has 0 aromatic heterocycles. The normalized spacial score (nSPS) is 13.0. The van der Waals surface area contributed by atoms with Gasteiger partial charge in [0.05, 0.1) is 68.9 Å². The lowest BCUT2D eigenvalue weighted by Gasteiger charge is -2.16. The van der Waals surface area contributed by atoms with Crippen molar-refractivity contribution in [1.82, 2.24) is 0 Å². The van der Waals surface area contributed by atoms with Crippen molar-refractivity contribution in [1.29, 1.82) is 0 Å². The molecule has 0 fully saturated rings. The number of methoxy groups -OCH3 is 2. The van der Waals surface area contributed by atoms with Crippen molar-refractivity contribution < 1.29 is 38.2 Å². The minimum absolute atomic E-state index is 0.0265. The van der Waals surface area contributed by atoms with Gasteiger partial charge in [0.2, 0.25) is 12.1 Å². The van der Waals surface area contributed by atoms with Gasteiger partial charge in [-0.25, -0.2) is 0 Å². The summed E-state index contributed by atoms with van der Waals surface area (Å²) < 4.78 is 11.0. The molecule has 0 saturated carbocycles. The molecule has 4 unspecified atom stereocenters. The van der Waals surface area contributed by atoms with Crippen molar-refractivity contribution in [3.05, 3.63) is 129 Å². The van der Waals surface area contributed by atoms with Crippen molar-refractivity contribution in [2.75, 3.05) is 41.4 Å². The monoisotopic (exact) mass is 1040 g/mol. The van der Waals surface area contributed by atoms with Crippen LogP contribution in [0.15, 0.2) is 111 Å². The second-order valence-electron chi connectivity index (χ2n) is 15.1. The van der Waals surface area contributed by atoms with E-state index in [0.29, 0.717) is 39.6 Å². The highest BCUT2D eigenvalue weighted by Crippen LogP contribution is 2.38. The number of alkyl halides is 3. The zero-order valence-corrected chi connectivity index (χ0v) is 41.6. The lowest BCUT2D eigenvalue weighted by Crippen LogP contribution is -2.32. The molecule has 69 heavy (non-hydrogen) atoms. The number of carbonyl (C=O) groups is 6. The standard InChI is InChI=1S/C48H45Cl5N8O8/c1-24(50)32-9-7-11-39(43(32)68-5)56-45(64)34-22-30(13-16-36(34)52)58-60-41(26(3)62)47(66)54-29-15-18-38(28(21-29)19-20-49)55-48(67)42(27(4)63)61-59-31-14-17-37(53)35(23-31)46(65)57-40-12-8-10-33(25(2)51)44(40)69-6/h7-18,21-25,41-42H,19-20H2,1-6H3,(H,54,66)(H,55,67)(H,56,64)(H,57,65). The minimum atomic E-state index is -1.61. The molecule has 0 aliphatic carbocycles. The molecule has 0 heterocycles. The van der Waals surface area contributed by atoms with E-state index in [-0.39, 0.29) is 56.2 Å². The summed E-state index contributed by atoms with van der Waals surface area (Å²) in [6, 6.07) is 19.9. The average Bonchev–Trinajstić information content (AvgIpc) is 3.30. The predicted octanol–water partition coefficient (Wildman–Crippen LogP) is 12.3. The number of carbonyl (C=O) groups excluding carboxylic acids is 6. The number of halogens is 5. The number of hydrogen-bond acceptors (Lipinski definition) is 12. The van der Waals surface area contributed by atoms with Gasteiger partial charge in [0.15, 0.2) is 11.6 Å². The third-order valence-electron chi connectivity index (χ3n) is 10.1. The van der Waals surface area contributed by atoms with E-state index >= 15 is 0 Å². The Hall–Kier alpha value is -6.43. The number of anilines is 4. The first-order chi connectivity index (χ1) is 32.9. The van der Waals surface area contributed by atoms with E-state index in [9.17, 15) is 28.8 Å². The van der Waals surface area contributed by atoms with Gasteiger partial charge in [0, 0.05) is 28.4 Å². The Morgan fingerprint density at radius 3 is 1.43 bits per heavy atom. The number of benzene rings is 5. The fourth-order valence-electron chi connectivity index (χ4n) is 6.67. The van der Waals surface area contributed by atoms with Crippen LogP contribution in [0.1, 0.15) is 75.9 Å². The molecule has 5 aromatic rings. The van der Waals surface area contributed by atoms with Crippen LogP contribution < -0.4 is 30.7 Å². The smallest absolute Gasteiger partial charge is 0.258 e. The summed E-state index contributed by atoms with van der Waals surface area (Å²) >= 11 is 31.5. The molecule has 0 bridgehead atoms. The zero-order chi connectivity index (χ0) is 50.5. The van der Waals surface area contributed by atoms with Gasteiger partial charge in [-0.2, -0.15) is 20.5 Å². The van der Waals surface area contributed by atoms with E-state index in [1.54, 1.807) is 50.2 Å². The minimum Gasteiger partial charge on any atom is -0.494 e. The Labute approximate surface area is 422 Å². The van der Waals surface area contributed by atoms with Crippen molar-refractivity contribution in [2.24, 2.45) is 20.5 Å². The number of ether oxygens (including phenoxy) is 2. The molecule has 5 aromatic carbocycles. The van der Waals surface area contributed by atoms with Crippen LogP contribution in [-0.4, -0.2) is 67.4 Å². The molecule has 0 aliphatic heterocycles. The van der Waals surface area contributed by atoms with Gasteiger partial charge in [0.1, 0.15) is 11.5 Å². The first-order valence-corrected chi connectivity index (χ1v) is 23.0. The SMILES string of the molecule is COc1c(NC(=O)c2cc(N=NC(C(C)=O)C(=O)Nc3ccc(NC(=O)C(N=Nc4ccc(Cl)c(C(=O)Nc5cccc(C(C)Cl)c5OC)c4)C(C)=O)c(CCCl)c3)ccc2Cl)cccc1C(C)Cl. The highest BCUT2D eigenvalue weighted by Gasteiger charge is 2.27. The maximum atomic E-state index is 13.5. The van der Waals surface area contributed by atoms with Crippen LogP contribution in [0.2, 0.25) is 10.0 Å². The summed E-state index contributed by atoms with van der Waals surface area (Å²) in [6.45, 7) is 5.86. The third kappa shape index (κ3) is 13.9. The number of amides is 4. The summed E-state index contributed by atoms with van der Waals surface area (Å²) in [4.78, 5) is 79.2. The summed E-state index contributed by atoms with van der Waals surface area (Å²) in [5.74, 6) is -3.28. The molecule has 360 valence electrons. The molecule has 4 atom stereocenters. The van der Waals surface area contributed by atoms with Gasteiger partial charge in [-0.3, -0.25) is 28.8 Å². The number of Topliss-reactive ketones (excluding diaryl/α,β-unsaturated/α-hetero) is 2. The summed E-state index contributed by atoms with van der Waals surface area (Å²) in [7, 11) is 2.91. The number of ketones is 2. The van der Waals surface area contributed by atoms with Crippen molar-refractivity contribution in [2.45, 2.75) is 57.0 Å². The molecule has 5 rings (SSSR count). The van der Waals surface area contributed by atoms with Gasteiger partial charge in [-0.05, 0) is 106 Å². The van der Waals surface area contributed by atoms with Crippen LogP contribution in [0.25, 0.3) is 0 Å². The van der Waals surface area contributed by atoms with Gasteiger partial charge in [-0.15, -0.1) is 34.8 Å². The molecule has 4 N–H and O–H groups in total. The van der Waals surface area contributed by atoms with Crippen molar-refractivity contribution in [3.63, 3.8) is 0 Å². The van der Waals surface area contributed by atoms with Crippen LogP contribution in [0, 0.1) is 0 Å². The highest BCUT2D eigenvalue weighted by molar-refractivity contribution is 6.35. The second kappa shape index (κ2) is 24.7. The van der Waals surface area contributed by atoms with E-state index in [0.717, 1.165) is 6.92 Å². The summed E-state index contributed by atoms with van der Waals surface area (Å²) in [6.07, 6.45) is 0.205. The lowest BCUT2D eigenvalue weighted by molar-refractivity contribution is -0.127. The van der Waals surface area contributed by atoms with Crippen molar-refractivity contribution in [3.8, 4) is 11.5 Å². The fourth-order valence-corrected chi connectivity index (χ4v) is 7.62.